The molecule has 8 nitrogen and oxygen atoms in total. The highest BCUT2D eigenvalue weighted by atomic mass is 16.4. The molecule has 1 atom stereocenters. The first-order valence-corrected chi connectivity index (χ1v) is 11.9. The Labute approximate surface area is 201 Å². The highest BCUT2D eigenvalue weighted by molar-refractivity contribution is 6.43. The third-order valence-corrected chi connectivity index (χ3v) is 5.72. The molecule has 180 valence electrons. The molecule has 2 aromatic carbocycles. The number of nitrogens with two attached hydrogens (primary N) is 1. The molecule has 3 aromatic rings. The maximum atomic E-state index is 12.7. The molecule has 0 radical (unpaired) electrons. The van der Waals surface area contributed by atoms with Crippen molar-refractivity contribution in [3.05, 3.63) is 83.4 Å². The fourth-order valence-electron chi connectivity index (χ4n) is 3.84. The summed E-state index contributed by atoms with van der Waals surface area (Å²) < 4.78 is 1.64. The van der Waals surface area contributed by atoms with Gasteiger partial charge in [-0.3, -0.25) is 4.79 Å². The SMILES string of the molecule is NCCCCC(NC(=O)Cn1nc(CCc2ccccc2)nc1CCc1ccccc1)B(O)O. The van der Waals surface area contributed by atoms with Crippen molar-refractivity contribution < 1.29 is 14.8 Å². The van der Waals surface area contributed by atoms with E-state index in [-0.39, 0.29) is 12.5 Å². The minimum atomic E-state index is -1.63. The number of carbonyl (C=O) groups is 1. The second-order valence-corrected chi connectivity index (χ2v) is 8.45. The van der Waals surface area contributed by atoms with Gasteiger partial charge < -0.3 is 21.1 Å². The summed E-state index contributed by atoms with van der Waals surface area (Å²) in [7, 11) is -1.63. The van der Waals surface area contributed by atoms with E-state index in [9.17, 15) is 14.8 Å². The second kappa shape index (κ2) is 13.6. The van der Waals surface area contributed by atoms with Crippen molar-refractivity contribution in [1.29, 1.82) is 0 Å². The second-order valence-electron chi connectivity index (χ2n) is 8.45. The summed E-state index contributed by atoms with van der Waals surface area (Å²) in [5.74, 6) is 0.368. The van der Waals surface area contributed by atoms with E-state index >= 15 is 0 Å². The average Bonchev–Trinajstić information content (AvgIpc) is 3.23. The minimum absolute atomic E-state index is 0.0252. The lowest BCUT2D eigenvalue weighted by Crippen LogP contribution is -2.47. The molecule has 0 aliphatic heterocycles. The number of nitrogens with one attached hydrogen (secondary N) is 1. The van der Waals surface area contributed by atoms with Crippen molar-refractivity contribution >= 4 is 13.0 Å². The Balaban J connectivity index is 1.67. The molecule has 1 heterocycles. The summed E-state index contributed by atoms with van der Waals surface area (Å²) in [5, 5.41) is 26.6. The maximum absolute atomic E-state index is 12.7. The van der Waals surface area contributed by atoms with E-state index < -0.39 is 13.1 Å². The third-order valence-electron chi connectivity index (χ3n) is 5.72. The van der Waals surface area contributed by atoms with Gasteiger partial charge in [-0.15, -0.1) is 0 Å². The van der Waals surface area contributed by atoms with Crippen LogP contribution >= 0.6 is 0 Å². The van der Waals surface area contributed by atoms with Gasteiger partial charge in [-0.25, -0.2) is 9.67 Å². The van der Waals surface area contributed by atoms with E-state index in [1.165, 1.54) is 11.1 Å². The number of unbranched alkanes of at least 4 members (excludes halogenated alkanes) is 1. The molecule has 0 aliphatic rings. The molecule has 0 fully saturated rings. The number of rotatable bonds is 14. The van der Waals surface area contributed by atoms with Crippen molar-refractivity contribution in [3.8, 4) is 0 Å². The molecule has 34 heavy (non-hydrogen) atoms. The Morgan fingerprint density at radius 2 is 1.56 bits per heavy atom. The van der Waals surface area contributed by atoms with Crippen molar-refractivity contribution in [1.82, 2.24) is 20.1 Å². The van der Waals surface area contributed by atoms with Crippen molar-refractivity contribution in [3.63, 3.8) is 0 Å². The van der Waals surface area contributed by atoms with Crippen LogP contribution in [0.3, 0.4) is 0 Å². The Morgan fingerprint density at radius 3 is 2.15 bits per heavy atom. The van der Waals surface area contributed by atoms with E-state index in [0.717, 1.165) is 25.1 Å². The van der Waals surface area contributed by atoms with Gasteiger partial charge in [-0.05, 0) is 43.4 Å². The van der Waals surface area contributed by atoms with Crippen molar-refractivity contribution in [2.45, 2.75) is 57.4 Å². The average molecular weight is 463 g/mol. The van der Waals surface area contributed by atoms with Crippen molar-refractivity contribution in [2.24, 2.45) is 5.73 Å². The number of amides is 1. The summed E-state index contributed by atoms with van der Waals surface area (Å²) in [4.78, 5) is 17.5. The molecule has 9 heteroatoms. The number of benzene rings is 2. The Hall–Kier alpha value is -3.01. The van der Waals surface area contributed by atoms with E-state index in [1.54, 1.807) is 4.68 Å². The highest BCUT2D eigenvalue weighted by Gasteiger charge is 2.25. The third kappa shape index (κ3) is 8.41. The maximum Gasteiger partial charge on any atom is 0.475 e. The van der Waals surface area contributed by atoms with E-state index in [1.807, 2.05) is 36.4 Å². The summed E-state index contributed by atoms with van der Waals surface area (Å²) in [6, 6.07) is 20.3. The summed E-state index contributed by atoms with van der Waals surface area (Å²) in [6.07, 6.45) is 4.84. The van der Waals surface area contributed by atoms with Crippen LogP contribution in [-0.4, -0.2) is 50.3 Å². The first-order chi connectivity index (χ1) is 16.5. The van der Waals surface area contributed by atoms with Gasteiger partial charge in [0.05, 0.1) is 5.94 Å². The van der Waals surface area contributed by atoms with Crippen LogP contribution < -0.4 is 11.1 Å². The smallest absolute Gasteiger partial charge is 0.426 e. The lowest BCUT2D eigenvalue weighted by molar-refractivity contribution is -0.122. The normalized spacial score (nSPS) is 11.9. The highest BCUT2D eigenvalue weighted by Crippen LogP contribution is 2.10. The Kier molecular flexibility index (Phi) is 10.3. The van der Waals surface area contributed by atoms with Gasteiger partial charge in [-0.2, -0.15) is 5.10 Å². The molecule has 0 spiro atoms. The molecule has 0 saturated carbocycles. The predicted molar refractivity (Wildman–Crippen MR) is 133 cm³/mol. The van der Waals surface area contributed by atoms with Crippen LogP contribution in [0.15, 0.2) is 60.7 Å². The lowest BCUT2D eigenvalue weighted by Gasteiger charge is -2.18. The summed E-state index contributed by atoms with van der Waals surface area (Å²) in [5.41, 5.74) is 7.91. The largest absolute Gasteiger partial charge is 0.475 e. The number of aromatic nitrogens is 3. The molecule has 0 aliphatic carbocycles. The zero-order valence-corrected chi connectivity index (χ0v) is 19.5. The number of nitrogens with zero attached hydrogens (tertiary/aromatic N) is 3. The van der Waals surface area contributed by atoms with Crippen LogP contribution in [0.2, 0.25) is 0 Å². The first-order valence-electron chi connectivity index (χ1n) is 11.9. The fourth-order valence-corrected chi connectivity index (χ4v) is 3.84. The zero-order chi connectivity index (χ0) is 24.2. The molecular formula is C25H34BN5O3. The predicted octanol–water partition coefficient (Wildman–Crippen LogP) is 1.47. The first kappa shape index (κ1) is 25.6. The molecular weight excluding hydrogens is 429 g/mol. The van der Waals surface area contributed by atoms with Crippen LogP contribution in [0.5, 0.6) is 0 Å². The molecule has 0 saturated heterocycles. The van der Waals surface area contributed by atoms with Crippen LogP contribution in [0.25, 0.3) is 0 Å². The zero-order valence-electron chi connectivity index (χ0n) is 19.5. The van der Waals surface area contributed by atoms with Crippen LogP contribution in [0, 0.1) is 0 Å². The number of aryl methyl sites for hydroxylation is 4. The molecule has 3 rings (SSSR count). The van der Waals surface area contributed by atoms with E-state index in [2.05, 4.69) is 34.7 Å². The quantitative estimate of drug-likeness (QED) is 0.212. The van der Waals surface area contributed by atoms with Gasteiger partial charge in [0.15, 0.2) is 5.82 Å². The number of carbonyl (C=O) groups excluding carboxylic acids is 1. The lowest BCUT2D eigenvalue weighted by atomic mass is 9.76. The summed E-state index contributed by atoms with van der Waals surface area (Å²) in [6.45, 7) is 0.500. The minimum Gasteiger partial charge on any atom is -0.426 e. The molecule has 1 aromatic heterocycles. The van der Waals surface area contributed by atoms with Gasteiger partial charge in [0.25, 0.3) is 0 Å². The molecule has 5 N–H and O–H groups in total. The van der Waals surface area contributed by atoms with Crippen LogP contribution in [-0.2, 0) is 37.0 Å². The van der Waals surface area contributed by atoms with Gasteiger partial charge in [0, 0.05) is 12.8 Å². The van der Waals surface area contributed by atoms with Gasteiger partial charge in [0.1, 0.15) is 12.4 Å². The standard InChI is InChI=1S/C25H34BN5O3/c27-18-8-7-13-22(26(33)34)28-25(32)19-31-24(17-15-21-11-5-2-6-12-21)29-23(30-31)16-14-20-9-3-1-4-10-20/h1-6,9-12,22,33-34H,7-8,13-19,27H2,(H,28,32). The van der Waals surface area contributed by atoms with Crippen LogP contribution in [0.4, 0.5) is 0 Å². The van der Waals surface area contributed by atoms with Gasteiger partial charge in [0.2, 0.25) is 5.91 Å². The Bertz CT molecular complexity index is 998. The fraction of sp³-hybridized carbons (Fsp3) is 0.400. The topological polar surface area (TPSA) is 126 Å². The molecule has 0 bridgehead atoms. The van der Waals surface area contributed by atoms with E-state index in [0.29, 0.717) is 38.1 Å². The van der Waals surface area contributed by atoms with E-state index in [4.69, 9.17) is 10.7 Å². The van der Waals surface area contributed by atoms with Gasteiger partial charge in [-0.1, -0.05) is 67.1 Å². The van der Waals surface area contributed by atoms with Crippen molar-refractivity contribution in [2.75, 3.05) is 6.54 Å². The van der Waals surface area contributed by atoms with Gasteiger partial charge >= 0.3 is 7.12 Å². The number of hydrogen-bond donors (Lipinski definition) is 4. The molecule has 1 unspecified atom stereocenters. The van der Waals surface area contributed by atoms with Crippen LogP contribution in [0.1, 0.15) is 42.0 Å². The summed E-state index contributed by atoms with van der Waals surface area (Å²) >= 11 is 0. The Morgan fingerprint density at radius 1 is 0.941 bits per heavy atom. The number of hydrogen-bond acceptors (Lipinski definition) is 6. The molecule has 1 amide bonds. The monoisotopic (exact) mass is 463 g/mol.